The summed E-state index contributed by atoms with van der Waals surface area (Å²) in [6.45, 7) is 0. The molecule has 0 bridgehead atoms. The Hall–Kier alpha value is -0.700. The third kappa shape index (κ3) is 2.28. The minimum Gasteiger partial charge on any atom is -0.299 e. The molecule has 0 amide bonds. The molecule has 1 aliphatic rings. The van der Waals surface area contributed by atoms with Gasteiger partial charge in [0.1, 0.15) is 11.6 Å². The van der Waals surface area contributed by atoms with Gasteiger partial charge < -0.3 is 0 Å². The highest BCUT2D eigenvalue weighted by molar-refractivity contribution is 9.10. The second-order valence-electron chi connectivity index (χ2n) is 3.97. The van der Waals surface area contributed by atoms with Gasteiger partial charge >= 0.3 is 0 Å². The number of carbonyl (C=O) groups is 1. The van der Waals surface area contributed by atoms with Crippen LogP contribution in [0.1, 0.15) is 24.8 Å². The fourth-order valence-electron chi connectivity index (χ4n) is 2.08. The second kappa shape index (κ2) is 4.44. The smallest absolute Gasteiger partial charge is 0.137 e. The summed E-state index contributed by atoms with van der Waals surface area (Å²) >= 11 is 3.22. The molecule has 0 N–H and O–H groups in total. The van der Waals surface area contributed by atoms with Crippen molar-refractivity contribution in [3.05, 3.63) is 34.1 Å². The Kier molecular flexibility index (Phi) is 3.19. The summed E-state index contributed by atoms with van der Waals surface area (Å²) in [7, 11) is 0. The third-order valence-electron chi connectivity index (χ3n) is 2.93. The molecule has 0 heterocycles. The van der Waals surface area contributed by atoms with Gasteiger partial charge in [-0.1, -0.05) is 12.1 Å². The molecule has 1 aromatic rings. The molecule has 0 aromatic heterocycles. The molecule has 3 heteroatoms. The van der Waals surface area contributed by atoms with Gasteiger partial charge in [0.2, 0.25) is 0 Å². The van der Waals surface area contributed by atoms with Gasteiger partial charge in [-0.05, 0) is 46.8 Å². The zero-order valence-electron chi connectivity index (χ0n) is 8.30. The van der Waals surface area contributed by atoms with Crippen LogP contribution < -0.4 is 0 Å². The topological polar surface area (TPSA) is 17.1 Å². The Morgan fingerprint density at radius 1 is 1.47 bits per heavy atom. The Morgan fingerprint density at radius 2 is 2.27 bits per heavy atom. The van der Waals surface area contributed by atoms with Crippen LogP contribution in [-0.4, -0.2) is 5.78 Å². The van der Waals surface area contributed by atoms with Crippen LogP contribution >= 0.6 is 15.9 Å². The number of rotatable bonds is 2. The molecule has 15 heavy (non-hydrogen) atoms. The van der Waals surface area contributed by atoms with Gasteiger partial charge in [0.25, 0.3) is 0 Å². The van der Waals surface area contributed by atoms with Crippen molar-refractivity contribution in [2.24, 2.45) is 5.92 Å². The number of Topliss-reactive ketones (excluding diaryl/α,β-unsaturated/α-hetero) is 1. The molecular weight excluding hydrogens is 259 g/mol. The van der Waals surface area contributed by atoms with Crippen molar-refractivity contribution in [3.8, 4) is 0 Å². The Balaban J connectivity index is 2.17. The largest absolute Gasteiger partial charge is 0.299 e. The van der Waals surface area contributed by atoms with Gasteiger partial charge in [-0.25, -0.2) is 4.39 Å². The van der Waals surface area contributed by atoms with E-state index < -0.39 is 0 Å². The van der Waals surface area contributed by atoms with Crippen LogP contribution in [0.4, 0.5) is 4.39 Å². The van der Waals surface area contributed by atoms with Gasteiger partial charge in [-0.3, -0.25) is 4.79 Å². The SMILES string of the molecule is O=C1CCCC1Cc1cccc(F)c1Br. The van der Waals surface area contributed by atoms with Crippen LogP contribution in [0.5, 0.6) is 0 Å². The highest BCUT2D eigenvalue weighted by atomic mass is 79.9. The summed E-state index contributed by atoms with van der Waals surface area (Å²) in [6, 6.07) is 4.98. The van der Waals surface area contributed by atoms with Crippen molar-refractivity contribution in [3.63, 3.8) is 0 Å². The van der Waals surface area contributed by atoms with Crippen molar-refractivity contribution >= 4 is 21.7 Å². The van der Waals surface area contributed by atoms with E-state index in [2.05, 4.69) is 15.9 Å². The quantitative estimate of drug-likeness (QED) is 0.804. The van der Waals surface area contributed by atoms with E-state index in [1.807, 2.05) is 6.07 Å². The normalized spacial score (nSPS) is 20.9. The summed E-state index contributed by atoms with van der Waals surface area (Å²) in [5.41, 5.74) is 0.898. The van der Waals surface area contributed by atoms with Gasteiger partial charge in [-0.15, -0.1) is 0 Å². The van der Waals surface area contributed by atoms with E-state index in [1.54, 1.807) is 6.07 Å². The molecule has 0 saturated heterocycles. The van der Waals surface area contributed by atoms with Crippen molar-refractivity contribution in [1.29, 1.82) is 0 Å². The molecule has 0 radical (unpaired) electrons. The molecule has 1 aliphatic carbocycles. The van der Waals surface area contributed by atoms with Crippen molar-refractivity contribution in [1.82, 2.24) is 0 Å². The molecule has 1 atom stereocenters. The maximum absolute atomic E-state index is 13.2. The molecule has 0 spiro atoms. The molecular formula is C12H12BrFO. The van der Waals surface area contributed by atoms with Crippen LogP contribution in [0.3, 0.4) is 0 Å². The van der Waals surface area contributed by atoms with Gasteiger partial charge in [0.15, 0.2) is 0 Å². The fraction of sp³-hybridized carbons (Fsp3) is 0.417. The predicted octanol–water partition coefficient (Wildman–Crippen LogP) is 3.50. The van der Waals surface area contributed by atoms with Gasteiger partial charge in [-0.2, -0.15) is 0 Å². The lowest BCUT2D eigenvalue weighted by atomic mass is 9.97. The maximum Gasteiger partial charge on any atom is 0.137 e. The first kappa shape index (κ1) is 10.8. The average Bonchev–Trinajstić information content (AvgIpc) is 2.60. The number of hydrogen-bond donors (Lipinski definition) is 0. The van der Waals surface area contributed by atoms with Crippen molar-refractivity contribution in [2.45, 2.75) is 25.7 Å². The standard InChI is InChI=1S/C12H12BrFO/c13-12-9(4-1-5-10(12)14)7-8-3-2-6-11(8)15/h1,4-5,8H,2-3,6-7H2. The van der Waals surface area contributed by atoms with E-state index in [1.165, 1.54) is 6.07 Å². The summed E-state index contributed by atoms with van der Waals surface area (Å²) in [4.78, 5) is 11.5. The zero-order valence-corrected chi connectivity index (χ0v) is 9.89. The minimum atomic E-state index is -0.252. The van der Waals surface area contributed by atoms with E-state index in [0.29, 0.717) is 23.1 Å². The Morgan fingerprint density at radius 3 is 2.93 bits per heavy atom. The first-order valence-corrected chi connectivity index (χ1v) is 5.93. The Bertz CT molecular complexity index is 389. The highest BCUT2D eigenvalue weighted by Crippen LogP contribution is 2.29. The van der Waals surface area contributed by atoms with E-state index >= 15 is 0 Å². The van der Waals surface area contributed by atoms with Crippen LogP contribution in [0.2, 0.25) is 0 Å². The summed E-state index contributed by atoms with van der Waals surface area (Å²) < 4.78 is 13.7. The third-order valence-corrected chi connectivity index (χ3v) is 3.82. The lowest BCUT2D eigenvalue weighted by Crippen LogP contribution is -2.10. The van der Waals surface area contributed by atoms with Gasteiger partial charge in [0, 0.05) is 12.3 Å². The summed E-state index contributed by atoms with van der Waals surface area (Å²) in [5.74, 6) is 0.173. The maximum atomic E-state index is 13.2. The molecule has 2 rings (SSSR count). The molecule has 1 saturated carbocycles. The van der Waals surface area contributed by atoms with E-state index in [4.69, 9.17) is 0 Å². The second-order valence-corrected chi connectivity index (χ2v) is 4.77. The number of ketones is 1. The minimum absolute atomic E-state index is 0.100. The highest BCUT2D eigenvalue weighted by Gasteiger charge is 2.25. The predicted molar refractivity (Wildman–Crippen MR) is 60.2 cm³/mol. The van der Waals surface area contributed by atoms with Crippen LogP contribution in [-0.2, 0) is 11.2 Å². The van der Waals surface area contributed by atoms with Crippen LogP contribution in [0.15, 0.2) is 22.7 Å². The number of benzene rings is 1. The van der Waals surface area contributed by atoms with Crippen molar-refractivity contribution in [2.75, 3.05) is 0 Å². The van der Waals surface area contributed by atoms with E-state index in [0.717, 1.165) is 18.4 Å². The lowest BCUT2D eigenvalue weighted by Gasteiger charge is -2.09. The first-order chi connectivity index (χ1) is 7.18. The number of halogens is 2. The molecule has 1 nitrogen and oxygen atoms in total. The van der Waals surface area contributed by atoms with Crippen LogP contribution in [0.25, 0.3) is 0 Å². The molecule has 1 fully saturated rings. The average molecular weight is 271 g/mol. The molecule has 0 aliphatic heterocycles. The molecule has 1 unspecified atom stereocenters. The fourth-order valence-corrected chi connectivity index (χ4v) is 2.50. The van der Waals surface area contributed by atoms with E-state index in [9.17, 15) is 9.18 Å². The monoisotopic (exact) mass is 270 g/mol. The van der Waals surface area contributed by atoms with Crippen molar-refractivity contribution < 1.29 is 9.18 Å². The van der Waals surface area contributed by atoms with E-state index in [-0.39, 0.29) is 11.7 Å². The summed E-state index contributed by atoms with van der Waals surface area (Å²) in [6.07, 6.45) is 3.28. The number of hydrogen-bond acceptors (Lipinski definition) is 1. The summed E-state index contributed by atoms with van der Waals surface area (Å²) in [5, 5.41) is 0. The Labute approximate surface area is 96.8 Å². The van der Waals surface area contributed by atoms with Gasteiger partial charge in [0.05, 0.1) is 4.47 Å². The number of carbonyl (C=O) groups excluding carboxylic acids is 1. The molecule has 1 aromatic carbocycles. The van der Waals surface area contributed by atoms with Crippen LogP contribution in [0, 0.1) is 11.7 Å². The zero-order chi connectivity index (χ0) is 10.8. The first-order valence-electron chi connectivity index (χ1n) is 5.14. The molecule has 80 valence electrons. The lowest BCUT2D eigenvalue weighted by molar-refractivity contribution is -0.120.